The number of amides is 1. The predicted octanol–water partition coefficient (Wildman–Crippen LogP) is 2.08. The van der Waals surface area contributed by atoms with E-state index in [1.165, 1.54) is 43.7 Å². The smallest absolute Gasteiger partial charge is 0.375 e. The van der Waals surface area contributed by atoms with Crippen molar-refractivity contribution >= 4 is 11.9 Å². The van der Waals surface area contributed by atoms with Crippen LogP contribution in [0, 0.1) is 5.82 Å². The Kier molecular flexibility index (Phi) is 5.87. The number of carbonyl (C=O) groups is 2. The fourth-order valence-electron chi connectivity index (χ4n) is 1.87. The van der Waals surface area contributed by atoms with Gasteiger partial charge in [0.15, 0.2) is 0 Å². The van der Waals surface area contributed by atoms with Crippen LogP contribution in [0.15, 0.2) is 47.1 Å². The lowest BCUT2D eigenvalue weighted by Gasteiger charge is -2.18. The summed E-state index contributed by atoms with van der Waals surface area (Å²) in [5.74, 6) is -2.22. The Morgan fingerprint density at radius 3 is 2.70 bits per heavy atom. The number of hydrogen-bond acceptors (Lipinski definition) is 5. The predicted molar refractivity (Wildman–Crippen MR) is 78.2 cm³/mol. The summed E-state index contributed by atoms with van der Waals surface area (Å²) >= 11 is 0. The molecular weight excluding hydrogens is 305 g/mol. The molecule has 23 heavy (non-hydrogen) atoms. The van der Waals surface area contributed by atoms with Crippen molar-refractivity contribution in [3.05, 3.63) is 59.8 Å². The van der Waals surface area contributed by atoms with Gasteiger partial charge in [0.2, 0.25) is 11.9 Å². The molecule has 122 valence electrons. The lowest BCUT2D eigenvalue weighted by molar-refractivity contribution is -0.130. The van der Waals surface area contributed by atoms with Crippen molar-refractivity contribution in [2.24, 2.45) is 0 Å². The maximum Gasteiger partial charge on any atom is 0.375 e. The van der Waals surface area contributed by atoms with E-state index >= 15 is 0 Å². The van der Waals surface area contributed by atoms with E-state index in [9.17, 15) is 14.0 Å². The van der Waals surface area contributed by atoms with Gasteiger partial charge >= 0.3 is 5.97 Å². The maximum absolute atomic E-state index is 14.0. The van der Waals surface area contributed by atoms with Gasteiger partial charge in [0, 0.05) is 19.2 Å². The summed E-state index contributed by atoms with van der Waals surface area (Å²) in [5.41, 5.74) is -0.0395. The molecule has 1 aromatic heterocycles. The highest BCUT2D eigenvalue weighted by atomic mass is 19.1. The Morgan fingerprint density at radius 1 is 1.26 bits per heavy atom. The fraction of sp³-hybridized carbons (Fsp3) is 0.250. The van der Waals surface area contributed by atoms with Crippen molar-refractivity contribution in [3.63, 3.8) is 0 Å². The molecule has 0 saturated heterocycles. The first-order valence-electron chi connectivity index (χ1n) is 6.89. The summed E-state index contributed by atoms with van der Waals surface area (Å²) in [7, 11) is 1.48. The molecule has 0 radical (unpaired) electrons. The van der Waals surface area contributed by atoms with E-state index in [1.807, 2.05) is 0 Å². The summed E-state index contributed by atoms with van der Waals surface area (Å²) in [6.07, 6.45) is -0.126. The highest BCUT2D eigenvalue weighted by Gasteiger charge is 2.28. The van der Waals surface area contributed by atoms with E-state index < -0.39 is 23.8 Å². The Balaban J connectivity index is 2.19. The van der Waals surface area contributed by atoms with Gasteiger partial charge in [-0.05, 0) is 18.2 Å². The van der Waals surface area contributed by atoms with Crippen molar-refractivity contribution in [2.75, 3.05) is 20.3 Å². The monoisotopic (exact) mass is 321 g/mol. The Bertz CT molecular complexity index is 656. The molecule has 1 aromatic carbocycles. The second-order valence-corrected chi connectivity index (χ2v) is 4.57. The van der Waals surface area contributed by atoms with Gasteiger partial charge in [-0.2, -0.15) is 0 Å². The molecule has 0 fully saturated rings. The number of rotatable bonds is 7. The van der Waals surface area contributed by atoms with Crippen LogP contribution in [0.3, 0.4) is 0 Å². The van der Waals surface area contributed by atoms with Gasteiger partial charge in [0.25, 0.3) is 5.91 Å². The second-order valence-electron chi connectivity index (χ2n) is 4.57. The maximum atomic E-state index is 14.0. The van der Waals surface area contributed by atoms with E-state index in [0.29, 0.717) is 0 Å². The van der Waals surface area contributed by atoms with E-state index in [2.05, 4.69) is 5.32 Å². The van der Waals surface area contributed by atoms with Gasteiger partial charge in [0.05, 0.1) is 12.9 Å². The lowest BCUT2D eigenvalue weighted by atomic mass is 10.1. The first-order valence-corrected chi connectivity index (χ1v) is 6.89. The molecule has 0 aliphatic rings. The standard InChI is InChI=1S/C16H16FNO5/c1-21-10-8-18-15(19)14(11-5-2-3-6-12(11)17)23-16(20)13-7-4-9-22-13/h2-7,9,14H,8,10H2,1H3,(H,18,19)/t14-/m0/s1. The highest BCUT2D eigenvalue weighted by molar-refractivity contribution is 5.90. The van der Waals surface area contributed by atoms with Crippen LogP contribution in [-0.4, -0.2) is 32.1 Å². The minimum atomic E-state index is -1.43. The molecule has 1 heterocycles. The number of furan rings is 1. The Labute approximate surface area is 132 Å². The molecule has 1 amide bonds. The largest absolute Gasteiger partial charge is 0.457 e. The van der Waals surface area contributed by atoms with Crippen molar-refractivity contribution in [3.8, 4) is 0 Å². The van der Waals surface area contributed by atoms with Crippen molar-refractivity contribution in [1.82, 2.24) is 5.32 Å². The molecule has 0 aliphatic carbocycles. The van der Waals surface area contributed by atoms with Gasteiger partial charge in [-0.15, -0.1) is 0 Å². The first kappa shape index (κ1) is 16.7. The zero-order valence-corrected chi connectivity index (χ0v) is 12.5. The van der Waals surface area contributed by atoms with Gasteiger partial charge in [-0.25, -0.2) is 9.18 Å². The number of ether oxygens (including phenoxy) is 2. The zero-order valence-electron chi connectivity index (χ0n) is 12.5. The van der Waals surface area contributed by atoms with Gasteiger partial charge < -0.3 is 19.2 Å². The number of hydrogen-bond donors (Lipinski definition) is 1. The number of nitrogens with one attached hydrogen (secondary N) is 1. The number of methoxy groups -OCH3 is 1. The molecule has 6 nitrogen and oxygen atoms in total. The highest BCUT2D eigenvalue weighted by Crippen LogP contribution is 2.22. The van der Waals surface area contributed by atoms with Crippen LogP contribution in [-0.2, 0) is 14.3 Å². The molecule has 2 rings (SSSR count). The van der Waals surface area contributed by atoms with Gasteiger partial charge in [-0.1, -0.05) is 18.2 Å². The third kappa shape index (κ3) is 4.40. The van der Waals surface area contributed by atoms with Crippen molar-refractivity contribution in [2.45, 2.75) is 6.10 Å². The zero-order chi connectivity index (χ0) is 16.7. The molecular formula is C16H16FNO5. The van der Waals surface area contributed by atoms with Crippen LogP contribution in [0.4, 0.5) is 4.39 Å². The first-order chi connectivity index (χ1) is 11.1. The normalized spacial score (nSPS) is 11.7. The number of esters is 1. The van der Waals surface area contributed by atoms with Crippen molar-refractivity contribution in [1.29, 1.82) is 0 Å². The summed E-state index contributed by atoms with van der Waals surface area (Å²) < 4.78 is 28.8. The molecule has 0 unspecified atom stereocenters. The molecule has 0 aliphatic heterocycles. The minimum Gasteiger partial charge on any atom is -0.457 e. The summed E-state index contributed by atoms with van der Waals surface area (Å²) in [4.78, 5) is 24.2. The molecule has 7 heteroatoms. The molecule has 0 saturated carbocycles. The fourth-order valence-corrected chi connectivity index (χ4v) is 1.87. The summed E-state index contributed by atoms with van der Waals surface area (Å²) in [6, 6.07) is 8.50. The SMILES string of the molecule is COCCNC(=O)[C@@H](OC(=O)c1ccco1)c1ccccc1F. The van der Waals surface area contributed by atoms with Crippen LogP contribution in [0.1, 0.15) is 22.2 Å². The molecule has 2 aromatic rings. The Hall–Kier alpha value is -2.67. The van der Waals surface area contributed by atoms with Gasteiger partial charge in [0.1, 0.15) is 5.82 Å². The van der Waals surface area contributed by atoms with Crippen LogP contribution in [0.2, 0.25) is 0 Å². The average Bonchev–Trinajstić information content (AvgIpc) is 3.08. The molecule has 1 N–H and O–H groups in total. The third-order valence-electron chi connectivity index (χ3n) is 2.98. The number of benzene rings is 1. The molecule has 1 atom stereocenters. The van der Waals surface area contributed by atoms with E-state index in [0.717, 1.165) is 0 Å². The van der Waals surface area contributed by atoms with Crippen LogP contribution >= 0.6 is 0 Å². The van der Waals surface area contributed by atoms with E-state index in [4.69, 9.17) is 13.9 Å². The summed E-state index contributed by atoms with van der Waals surface area (Å²) in [6.45, 7) is 0.487. The van der Waals surface area contributed by atoms with E-state index in [-0.39, 0.29) is 24.5 Å². The van der Waals surface area contributed by atoms with Crippen molar-refractivity contribution < 1.29 is 27.9 Å². The van der Waals surface area contributed by atoms with Crippen LogP contribution in [0.25, 0.3) is 0 Å². The second kappa shape index (κ2) is 8.09. The third-order valence-corrected chi connectivity index (χ3v) is 2.98. The quantitative estimate of drug-likeness (QED) is 0.624. The van der Waals surface area contributed by atoms with Gasteiger partial charge in [-0.3, -0.25) is 4.79 Å². The van der Waals surface area contributed by atoms with Crippen LogP contribution < -0.4 is 5.32 Å². The average molecular weight is 321 g/mol. The number of carbonyl (C=O) groups excluding carboxylic acids is 2. The van der Waals surface area contributed by atoms with E-state index in [1.54, 1.807) is 6.07 Å². The lowest BCUT2D eigenvalue weighted by Crippen LogP contribution is -2.34. The topological polar surface area (TPSA) is 77.8 Å². The molecule has 0 spiro atoms. The van der Waals surface area contributed by atoms with Crippen LogP contribution in [0.5, 0.6) is 0 Å². The minimum absolute atomic E-state index is 0.0395. The number of halogens is 1. The molecule has 0 bridgehead atoms. The summed E-state index contributed by atoms with van der Waals surface area (Å²) in [5, 5.41) is 2.52. The Morgan fingerprint density at radius 2 is 2.04 bits per heavy atom.